The Bertz CT molecular complexity index is 163. The molecule has 0 atom stereocenters. The molecular weight excluding hydrogens is 142 g/mol. The van der Waals surface area contributed by atoms with Crippen LogP contribution < -0.4 is 16.4 Å². The zero-order chi connectivity index (χ0) is 8.48. The Labute approximate surface area is 66.5 Å². The first-order valence-electron chi connectivity index (χ1n) is 3.81. The molecular formula is C7H15N3O. The Morgan fingerprint density at radius 1 is 1.64 bits per heavy atom. The van der Waals surface area contributed by atoms with E-state index in [0.29, 0.717) is 6.04 Å². The van der Waals surface area contributed by atoms with Crippen molar-refractivity contribution in [3.63, 3.8) is 0 Å². The minimum absolute atomic E-state index is 0.301. The molecule has 4 nitrogen and oxygen atoms in total. The van der Waals surface area contributed by atoms with Crippen LogP contribution in [0.4, 0.5) is 0 Å². The van der Waals surface area contributed by atoms with Gasteiger partial charge in [-0.15, -0.1) is 0 Å². The van der Waals surface area contributed by atoms with Crippen LogP contribution >= 0.6 is 0 Å². The van der Waals surface area contributed by atoms with E-state index in [9.17, 15) is 4.79 Å². The lowest BCUT2D eigenvalue weighted by Crippen LogP contribution is -2.64. The number of carbonyl (C=O) groups is 1. The minimum Gasteiger partial charge on any atom is -0.368 e. The van der Waals surface area contributed by atoms with Crippen LogP contribution in [0.1, 0.15) is 13.8 Å². The molecule has 4 N–H and O–H groups in total. The van der Waals surface area contributed by atoms with E-state index in [4.69, 9.17) is 5.73 Å². The Hall–Kier alpha value is -0.610. The molecule has 11 heavy (non-hydrogen) atoms. The molecule has 4 heteroatoms. The van der Waals surface area contributed by atoms with Gasteiger partial charge in [0, 0.05) is 19.1 Å². The number of primary amides is 1. The molecule has 0 aromatic heterocycles. The molecule has 0 spiro atoms. The number of rotatable bonds is 3. The van der Waals surface area contributed by atoms with Crippen molar-refractivity contribution in [1.29, 1.82) is 0 Å². The van der Waals surface area contributed by atoms with Crippen molar-refractivity contribution < 1.29 is 4.79 Å². The molecule has 0 aromatic carbocycles. The second kappa shape index (κ2) is 2.79. The Morgan fingerprint density at radius 3 is 2.45 bits per heavy atom. The molecule has 0 bridgehead atoms. The van der Waals surface area contributed by atoms with Gasteiger partial charge in [0.05, 0.1) is 5.54 Å². The third-order valence-corrected chi connectivity index (χ3v) is 1.96. The maximum atomic E-state index is 10.8. The smallest absolute Gasteiger partial charge is 0.237 e. The van der Waals surface area contributed by atoms with Gasteiger partial charge in [-0.05, 0) is 13.8 Å². The van der Waals surface area contributed by atoms with Gasteiger partial charge in [0.25, 0.3) is 0 Å². The molecule has 64 valence electrons. The SMILES string of the molecule is CC(C)(NC1CNC1)C(N)=O. The molecule has 1 aliphatic heterocycles. The van der Waals surface area contributed by atoms with Gasteiger partial charge in [0.1, 0.15) is 0 Å². The van der Waals surface area contributed by atoms with Gasteiger partial charge < -0.3 is 11.1 Å². The van der Waals surface area contributed by atoms with Crippen LogP contribution in [0.3, 0.4) is 0 Å². The molecule has 0 aliphatic carbocycles. The Kier molecular flexibility index (Phi) is 2.15. The standard InChI is InChI=1S/C7H15N3O/c1-7(2,6(8)11)10-5-3-9-4-5/h5,9-10H,3-4H2,1-2H3,(H2,8,11). The summed E-state index contributed by atoms with van der Waals surface area (Å²) in [5, 5.41) is 6.26. The number of hydrogen-bond acceptors (Lipinski definition) is 3. The van der Waals surface area contributed by atoms with Crippen LogP contribution in [0.15, 0.2) is 0 Å². The van der Waals surface area contributed by atoms with Crippen molar-refractivity contribution in [1.82, 2.24) is 10.6 Å². The number of hydrogen-bond donors (Lipinski definition) is 3. The molecule has 1 fully saturated rings. The third-order valence-electron chi connectivity index (χ3n) is 1.96. The predicted molar refractivity (Wildman–Crippen MR) is 43.1 cm³/mol. The molecule has 1 heterocycles. The van der Waals surface area contributed by atoms with Gasteiger partial charge in [-0.2, -0.15) is 0 Å². The van der Waals surface area contributed by atoms with Gasteiger partial charge in [-0.1, -0.05) is 0 Å². The summed E-state index contributed by atoms with van der Waals surface area (Å²) in [5.74, 6) is -0.301. The van der Waals surface area contributed by atoms with E-state index in [1.807, 2.05) is 0 Å². The van der Waals surface area contributed by atoms with Gasteiger partial charge in [0.15, 0.2) is 0 Å². The van der Waals surface area contributed by atoms with Crippen LogP contribution in [-0.4, -0.2) is 30.6 Å². The maximum absolute atomic E-state index is 10.8. The highest BCUT2D eigenvalue weighted by atomic mass is 16.1. The number of nitrogens with one attached hydrogen (secondary N) is 2. The zero-order valence-electron chi connectivity index (χ0n) is 6.98. The van der Waals surface area contributed by atoms with Gasteiger partial charge in [-0.25, -0.2) is 0 Å². The summed E-state index contributed by atoms with van der Waals surface area (Å²) in [6.45, 7) is 5.45. The molecule has 1 amide bonds. The van der Waals surface area contributed by atoms with Crippen molar-refractivity contribution in [2.45, 2.75) is 25.4 Å². The Morgan fingerprint density at radius 2 is 2.18 bits per heavy atom. The third kappa shape index (κ3) is 1.91. The van der Waals surface area contributed by atoms with E-state index in [1.165, 1.54) is 0 Å². The highest BCUT2D eigenvalue weighted by Gasteiger charge is 2.29. The summed E-state index contributed by atoms with van der Waals surface area (Å²) >= 11 is 0. The van der Waals surface area contributed by atoms with Crippen molar-refractivity contribution in [3.05, 3.63) is 0 Å². The monoisotopic (exact) mass is 157 g/mol. The first-order valence-corrected chi connectivity index (χ1v) is 3.81. The largest absolute Gasteiger partial charge is 0.368 e. The molecule has 1 saturated heterocycles. The van der Waals surface area contributed by atoms with Crippen LogP contribution in [0.2, 0.25) is 0 Å². The highest BCUT2D eigenvalue weighted by molar-refractivity contribution is 5.83. The van der Waals surface area contributed by atoms with Crippen LogP contribution in [0, 0.1) is 0 Å². The molecule has 0 radical (unpaired) electrons. The Balaban J connectivity index is 2.38. The molecule has 0 saturated carbocycles. The summed E-state index contributed by atoms with van der Waals surface area (Å²) < 4.78 is 0. The van der Waals surface area contributed by atoms with Gasteiger partial charge in [-0.3, -0.25) is 10.1 Å². The van der Waals surface area contributed by atoms with Crippen molar-refractivity contribution in [3.8, 4) is 0 Å². The van der Waals surface area contributed by atoms with Crippen LogP contribution in [0.25, 0.3) is 0 Å². The van der Waals surface area contributed by atoms with E-state index in [-0.39, 0.29) is 5.91 Å². The topological polar surface area (TPSA) is 67.2 Å². The molecule has 1 aliphatic rings. The first kappa shape index (κ1) is 8.49. The fourth-order valence-corrected chi connectivity index (χ4v) is 0.972. The zero-order valence-corrected chi connectivity index (χ0v) is 6.98. The average molecular weight is 157 g/mol. The summed E-state index contributed by atoms with van der Waals surface area (Å²) in [6, 6.07) is 0.400. The van der Waals surface area contributed by atoms with Gasteiger partial charge in [0.2, 0.25) is 5.91 Å². The lowest BCUT2D eigenvalue weighted by Gasteiger charge is -2.35. The molecule has 1 rings (SSSR count). The van der Waals surface area contributed by atoms with E-state index in [1.54, 1.807) is 13.8 Å². The predicted octanol–water partition coefficient (Wildman–Crippen LogP) is -1.19. The van der Waals surface area contributed by atoms with Gasteiger partial charge >= 0.3 is 0 Å². The van der Waals surface area contributed by atoms with E-state index in [0.717, 1.165) is 13.1 Å². The lowest BCUT2D eigenvalue weighted by molar-refractivity contribution is -0.123. The molecule has 0 unspecified atom stereocenters. The maximum Gasteiger partial charge on any atom is 0.237 e. The highest BCUT2D eigenvalue weighted by Crippen LogP contribution is 2.04. The number of amides is 1. The molecule has 0 aromatic rings. The van der Waals surface area contributed by atoms with E-state index >= 15 is 0 Å². The van der Waals surface area contributed by atoms with Crippen LogP contribution in [0.5, 0.6) is 0 Å². The summed E-state index contributed by atoms with van der Waals surface area (Å²) in [5.41, 5.74) is 4.60. The number of nitrogens with two attached hydrogens (primary N) is 1. The summed E-state index contributed by atoms with van der Waals surface area (Å²) in [7, 11) is 0. The number of carbonyl (C=O) groups excluding carboxylic acids is 1. The van der Waals surface area contributed by atoms with Crippen molar-refractivity contribution in [2.24, 2.45) is 5.73 Å². The van der Waals surface area contributed by atoms with E-state index < -0.39 is 5.54 Å². The van der Waals surface area contributed by atoms with Crippen LogP contribution in [-0.2, 0) is 4.79 Å². The normalized spacial score (nSPS) is 19.5. The quantitative estimate of drug-likeness (QED) is 0.482. The fourth-order valence-electron chi connectivity index (χ4n) is 0.972. The summed E-state index contributed by atoms with van der Waals surface area (Å²) in [4.78, 5) is 10.8. The van der Waals surface area contributed by atoms with E-state index in [2.05, 4.69) is 10.6 Å². The summed E-state index contributed by atoms with van der Waals surface area (Å²) in [6.07, 6.45) is 0. The fraction of sp³-hybridized carbons (Fsp3) is 0.857. The lowest BCUT2D eigenvalue weighted by atomic mass is 10.0. The second-order valence-corrected chi connectivity index (χ2v) is 3.49. The minimum atomic E-state index is -0.577. The first-order chi connectivity index (χ1) is 5.02. The second-order valence-electron chi connectivity index (χ2n) is 3.49. The van der Waals surface area contributed by atoms with Crippen molar-refractivity contribution >= 4 is 5.91 Å². The van der Waals surface area contributed by atoms with Crippen molar-refractivity contribution in [2.75, 3.05) is 13.1 Å². The average Bonchev–Trinajstić information content (AvgIpc) is 1.79.